The summed E-state index contributed by atoms with van der Waals surface area (Å²) >= 11 is 0. The van der Waals surface area contributed by atoms with Gasteiger partial charge in [0.15, 0.2) is 5.96 Å². The number of pyridine rings is 1. The van der Waals surface area contributed by atoms with Gasteiger partial charge in [-0.05, 0) is 57.8 Å². The molecular weight excluding hydrogens is 314 g/mol. The zero-order valence-electron chi connectivity index (χ0n) is 15.9. The molecule has 140 valence electrons. The molecule has 1 aromatic rings. The first kappa shape index (κ1) is 19.5. The Morgan fingerprint density at radius 3 is 2.88 bits per heavy atom. The molecule has 0 spiro atoms. The van der Waals surface area contributed by atoms with Gasteiger partial charge < -0.3 is 20.3 Å². The van der Waals surface area contributed by atoms with Gasteiger partial charge in [-0.3, -0.25) is 4.99 Å². The minimum absolute atomic E-state index is 0.617. The Bertz CT molecular complexity index is 526. The second kappa shape index (κ2) is 10.9. The minimum Gasteiger partial charge on any atom is -0.478 e. The molecule has 6 nitrogen and oxygen atoms in total. The predicted octanol–water partition coefficient (Wildman–Crippen LogP) is 2.27. The Morgan fingerprint density at radius 2 is 2.16 bits per heavy atom. The van der Waals surface area contributed by atoms with Crippen LogP contribution in [-0.2, 0) is 6.54 Å². The van der Waals surface area contributed by atoms with Gasteiger partial charge in [-0.2, -0.15) is 0 Å². The van der Waals surface area contributed by atoms with Crippen LogP contribution < -0.4 is 15.4 Å². The Hall–Kier alpha value is -1.82. The maximum atomic E-state index is 5.56. The quantitative estimate of drug-likeness (QED) is 0.429. The number of aliphatic imine (C=N–C) groups is 1. The highest BCUT2D eigenvalue weighted by Crippen LogP contribution is 2.16. The van der Waals surface area contributed by atoms with Gasteiger partial charge >= 0.3 is 0 Å². The SMILES string of the molecule is CCOc1ncccc1CNC(=NC)NCCCN1CCC(C)CC1. The molecule has 0 unspecified atom stereocenters. The fraction of sp³-hybridized carbons (Fsp3) is 0.684. The second-order valence-electron chi connectivity index (χ2n) is 6.63. The van der Waals surface area contributed by atoms with Crippen molar-refractivity contribution in [3.8, 4) is 5.88 Å². The number of nitrogens with zero attached hydrogens (tertiary/aromatic N) is 3. The maximum Gasteiger partial charge on any atom is 0.218 e. The molecule has 25 heavy (non-hydrogen) atoms. The molecule has 0 aromatic carbocycles. The lowest BCUT2D eigenvalue weighted by atomic mass is 9.99. The normalized spacial score (nSPS) is 16.7. The van der Waals surface area contributed by atoms with Gasteiger partial charge in [0, 0.05) is 31.9 Å². The first-order chi connectivity index (χ1) is 12.2. The van der Waals surface area contributed by atoms with Crippen molar-refractivity contribution < 1.29 is 4.74 Å². The number of rotatable bonds is 8. The summed E-state index contributed by atoms with van der Waals surface area (Å²) in [4.78, 5) is 11.1. The molecule has 0 amide bonds. The molecule has 2 N–H and O–H groups in total. The van der Waals surface area contributed by atoms with E-state index in [-0.39, 0.29) is 0 Å². The number of hydrogen-bond acceptors (Lipinski definition) is 4. The third-order valence-corrected chi connectivity index (χ3v) is 4.62. The van der Waals surface area contributed by atoms with Crippen LogP contribution in [-0.4, -0.2) is 55.7 Å². The lowest BCUT2D eigenvalue weighted by molar-refractivity contribution is 0.191. The third-order valence-electron chi connectivity index (χ3n) is 4.62. The molecule has 0 radical (unpaired) electrons. The lowest BCUT2D eigenvalue weighted by Gasteiger charge is -2.30. The van der Waals surface area contributed by atoms with Crippen molar-refractivity contribution in [3.63, 3.8) is 0 Å². The Kier molecular flexibility index (Phi) is 8.52. The smallest absolute Gasteiger partial charge is 0.218 e. The van der Waals surface area contributed by atoms with E-state index in [0.29, 0.717) is 19.0 Å². The molecule has 1 aromatic heterocycles. The summed E-state index contributed by atoms with van der Waals surface area (Å²) in [7, 11) is 1.80. The average molecular weight is 348 g/mol. The van der Waals surface area contributed by atoms with Crippen molar-refractivity contribution >= 4 is 5.96 Å². The maximum absolute atomic E-state index is 5.56. The zero-order valence-corrected chi connectivity index (χ0v) is 15.9. The van der Waals surface area contributed by atoms with E-state index < -0.39 is 0 Å². The predicted molar refractivity (Wildman–Crippen MR) is 103 cm³/mol. The van der Waals surface area contributed by atoms with E-state index in [2.05, 4.69) is 32.4 Å². The van der Waals surface area contributed by atoms with Crippen molar-refractivity contribution in [2.45, 2.75) is 39.7 Å². The lowest BCUT2D eigenvalue weighted by Crippen LogP contribution is -2.39. The summed E-state index contributed by atoms with van der Waals surface area (Å²) in [5, 5.41) is 6.72. The van der Waals surface area contributed by atoms with Gasteiger partial charge in [-0.25, -0.2) is 4.98 Å². The second-order valence-corrected chi connectivity index (χ2v) is 6.63. The highest BCUT2D eigenvalue weighted by Gasteiger charge is 2.14. The number of piperidine rings is 1. The Morgan fingerprint density at radius 1 is 1.36 bits per heavy atom. The number of likely N-dealkylation sites (tertiary alicyclic amines) is 1. The van der Waals surface area contributed by atoms with Crippen LogP contribution in [0.1, 0.15) is 38.7 Å². The van der Waals surface area contributed by atoms with Crippen molar-refractivity contribution in [2.24, 2.45) is 10.9 Å². The molecule has 0 saturated carbocycles. The molecule has 1 aliphatic heterocycles. The Labute approximate surface area is 152 Å². The first-order valence-electron chi connectivity index (χ1n) is 9.46. The molecule has 0 aliphatic carbocycles. The van der Waals surface area contributed by atoms with E-state index in [0.717, 1.165) is 37.0 Å². The van der Waals surface area contributed by atoms with E-state index in [1.165, 1.54) is 25.9 Å². The molecule has 2 rings (SSSR count). The van der Waals surface area contributed by atoms with Gasteiger partial charge in [0.2, 0.25) is 5.88 Å². The van der Waals surface area contributed by atoms with Crippen molar-refractivity contribution in [2.75, 3.05) is 39.8 Å². The number of nitrogens with one attached hydrogen (secondary N) is 2. The molecule has 2 heterocycles. The van der Waals surface area contributed by atoms with Crippen LogP contribution in [0.15, 0.2) is 23.3 Å². The fourth-order valence-corrected chi connectivity index (χ4v) is 3.02. The van der Waals surface area contributed by atoms with Crippen LogP contribution in [0.25, 0.3) is 0 Å². The number of ether oxygens (including phenoxy) is 1. The van der Waals surface area contributed by atoms with E-state index >= 15 is 0 Å². The van der Waals surface area contributed by atoms with Crippen LogP contribution in [0.5, 0.6) is 5.88 Å². The van der Waals surface area contributed by atoms with E-state index in [9.17, 15) is 0 Å². The third kappa shape index (κ3) is 6.90. The summed E-state index contributed by atoms with van der Waals surface area (Å²) in [6, 6.07) is 3.95. The van der Waals surface area contributed by atoms with E-state index in [4.69, 9.17) is 4.74 Å². The van der Waals surface area contributed by atoms with Gasteiger partial charge in [0.1, 0.15) is 0 Å². The summed E-state index contributed by atoms with van der Waals surface area (Å²) in [6.07, 6.45) is 5.56. The van der Waals surface area contributed by atoms with Crippen molar-refractivity contribution in [1.82, 2.24) is 20.5 Å². The van der Waals surface area contributed by atoms with Crippen LogP contribution in [0.2, 0.25) is 0 Å². The van der Waals surface area contributed by atoms with Crippen LogP contribution in [0.3, 0.4) is 0 Å². The molecule has 6 heteroatoms. The standard InChI is InChI=1S/C19H33N5O/c1-4-25-18-17(7-5-10-21-18)15-23-19(20-3)22-11-6-12-24-13-8-16(2)9-14-24/h5,7,10,16H,4,6,8-9,11-15H2,1-3H3,(H2,20,22,23). The first-order valence-corrected chi connectivity index (χ1v) is 9.46. The van der Waals surface area contributed by atoms with Crippen LogP contribution in [0.4, 0.5) is 0 Å². The van der Waals surface area contributed by atoms with Gasteiger partial charge in [-0.15, -0.1) is 0 Å². The molecule has 1 fully saturated rings. The van der Waals surface area contributed by atoms with Crippen LogP contribution >= 0.6 is 0 Å². The molecule has 0 bridgehead atoms. The monoisotopic (exact) mass is 347 g/mol. The summed E-state index contributed by atoms with van der Waals surface area (Å²) < 4.78 is 5.56. The number of hydrogen-bond donors (Lipinski definition) is 2. The van der Waals surface area contributed by atoms with E-state index in [1.54, 1.807) is 13.2 Å². The minimum atomic E-state index is 0.617. The topological polar surface area (TPSA) is 61.8 Å². The summed E-state index contributed by atoms with van der Waals surface area (Å²) in [5.74, 6) is 2.40. The largest absolute Gasteiger partial charge is 0.478 e. The summed E-state index contributed by atoms with van der Waals surface area (Å²) in [6.45, 7) is 10.2. The van der Waals surface area contributed by atoms with Crippen molar-refractivity contribution in [3.05, 3.63) is 23.9 Å². The van der Waals surface area contributed by atoms with Crippen molar-refractivity contribution in [1.29, 1.82) is 0 Å². The highest BCUT2D eigenvalue weighted by atomic mass is 16.5. The number of guanidine groups is 1. The average Bonchev–Trinajstić information content (AvgIpc) is 2.64. The molecule has 1 aliphatic rings. The highest BCUT2D eigenvalue weighted by molar-refractivity contribution is 5.79. The molecule has 1 saturated heterocycles. The zero-order chi connectivity index (χ0) is 17.9. The van der Waals surface area contributed by atoms with Gasteiger partial charge in [0.25, 0.3) is 0 Å². The molecule has 0 atom stereocenters. The Balaban J connectivity index is 1.67. The van der Waals surface area contributed by atoms with E-state index in [1.807, 2.05) is 19.1 Å². The van der Waals surface area contributed by atoms with Gasteiger partial charge in [-0.1, -0.05) is 13.0 Å². The molecular formula is C19H33N5O. The summed E-state index contributed by atoms with van der Waals surface area (Å²) in [5.41, 5.74) is 1.04. The fourth-order valence-electron chi connectivity index (χ4n) is 3.02. The van der Waals surface area contributed by atoms with Gasteiger partial charge in [0.05, 0.1) is 6.61 Å². The number of aromatic nitrogens is 1. The van der Waals surface area contributed by atoms with Crippen LogP contribution in [0, 0.1) is 5.92 Å².